The molecule has 0 saturated heterocycles. The van der Waals surface area contributed by atoms with Gasteiger partial charge in [0.2, 0.25) is 5.91 Å². The Morgan fingerprint density at radius 3 is 2.56 bits per heavy atom. The van der Waals surface area contributed by atoms with E-state index in [4.69, 9.17) is 0 Å². The Labute approximate surface area is 174 Å². The van der Waals surface area contributed by atoms with Gasteiger partial charge in [-0.05, 0) is 38.8 Å². The van der Waals surface area contributed by atoms with Crippen molar-refractivity contribution in [2.24, 2.45) is 0 Å². The lowest BCUT2D eigenvalue weighted by molar-refractivity contribution is -0.116. The van der Waals surface area contributed by atoms with Gasteiger partial charge in [-0.3, -0.25) is 4.79 Å². The molecular weight excluding hydrogens is 383 g/mol. The molecule has 1 aromatic carbocycles. The standard InChI is InChI=1S/C20H30N4O.2ClH/c1-16-8-10-18(11-9-16)24-20(25)7-5-3-4-6-17(2)22-13-12-19-14-21-15-23-19;;/h8-11,14-15,17,22H,3-7,12-13H2,1-2H3,(H,21,23)(H,24,25);2*1H. The van der Waals surface area contributed by atoms with Gasteiger partial charge in [-0.25, -0.2) is 4.98 Å². The van der Waals surface area contributed by atoms with Crippen molar-refractivity contribution in [1.82, 2.24) is 15.3 Å². The molecule has 1 heterocycles. The minimum atomic E-state index is 0. The number of imidazole rings is 1. The summed E-state index contributed by atoms with van der Waals surface area (Å²) in [6.45, 7) is 5.22. The van der Waals surface area contributed by atoms with Crippen LogP contribution in [-0.4, -0.2) is 28.5 Å². The highest BCUT2D eigenvalue weighted by Crippen LogP contribution is 2.11. The third kappa shape index (κ3) is 11.0. The zero-order valence-electron chi connectivity index (χ0n) is 16.2. The first-order chi connectivity index (χ1) is 12.1. The van der Waals surface area contributed by atoms with Crippen molar-refractivity contribution in [1.29, 1.82) is 0 Å². The molecular formula is C20H32Cl2N4O. The first kappa shape index (κ1) is 25.4. The predicted octanol–water partition coefficient (Wildman–Crippen LogP) is 4.67. The first-order valence-corrected chi connectivity index (χ1v) is 9.20. The van der Waals surface area contributed by atoms with Gasteiger partial charge in [-0.15, -0.1) is 24.8 Å². The fraction of sp³-hybridized carbons (Fsp3) is 0.500. The van der Waals surface area contributed by atoms with Gasteiger partial charge < -0.3 is 15.6 Å². The van der Waals surface area contributed by atoms with Crippen molar-refractivity contribution in [3.8, 4) is 0 Å². The number of H-pyrrole nitrogens is 1. The second-order valence-electron chi connectivity index (χ2n) is 6.70. The van der Waals surface area contributed by atoms with Crippen LogP contribution in [-0.2, 0) is 11.2 Å². The number of aromatic amines is 1. The number of aryl methyl sites for hydroxylation is 1. The lowest BCUT2D eigenvalue weighted by atomic mass is 10.1. The SMILES string of the molecule is Cc1ccc(NC(=O)CCCCCC(C)NCCc2cnc[nH]2)cc1.Cl.Cl. The van der Waals surface area contributed by atoms with Gasteiger partial charge in [-0.1, -0.05) is 30.5 Å². The molecule has 27 heavy (non-hydrogen) atoms. The molecule has 1 atom stereocenters. The van der Waals surface area contributed by atoms with E-state index in [9.17, 15) is 4.79 Å². The summed E-state index contributed by atoms with van der Waals surface area (Å²) in [7, 11) is 0. The number of anilines is 1. The molecule has 0 saturated carbocycles. The number of hydrogen-bond donors (Lipinski definition) is 3. The number of nitrogens with zero attached hydrogens (tertiary/aromatic N) is 1. The molecule has 5 nitrogen and oxygen atoms in total. The van der Waals surface area contributed by atoms with Crippen LogP contribution in [0.2, 0.25) is 0 Å². The van der Waals surface area contributed by atoms with Crippen LogP contribution < -0.4 is 10.6 Å². The van der Waals surface area contributed by atoms with Crippen LogP contribution in [0.3, 0.4) is 0 Å². The Morgan fingerprint density at radius 1 is 1.15 bits per heavy atom. The highest BCUT2D eigenvalue weighted by molar-refractivity contribution is 5.90. The average molecular weight is 415 g/mol. The van der Waals surface area contributed by atoms with E-state index in [1.54, 1.807) is 6.33 Å². The third-order valence-electron chi connectivity index (χ3n) is 4.32. The van der Waals surface area contributed by atoms with Crippen LogP contribution in [0.5, 0.6) is 0 Å². The molecule has 0 fully saturated rings. The predicted molar refractivity (Wildman–Crippen MR) is 117 cm³/mol. The monoisotopic (exact) mass is 414 g/mol. The molecule has 2 aromatic rings. The zero-order chi connectivity index (χ0) is 17.9. The lowest BCUT2D eigenvalue weighted by Gasteiger charge is -2.13. The normalized spacial score (nSPS) is 11.2. The average Bonchev–Trinajstić information content (AvgIpc) is 3.10. The maximum absolute atomic E-state index is 11.9. The summed E-state index contributed by atoms with van der Waals surface area (Å²) in [5, 5.41) is 6.48. The Balaban J connectivity index is 0.00000338. The van der Waals surface area contributed by atoms with E-state index in [1.807, 2.05) is 37.4 Å². The molecule has 152 valence electrons. The van der Waals surface area contributed by atoms with Crippen LogP contribution in [0.25, 0.3) is 0 Å². The Morgan fingerprint density at radius 2 is 1.89 bits per heavy atom. The molecule has 1 aromatic heterocycles. The number of amides is 1. The van der Waals surface area contributed by atoms with Crippen LogP contribution in [0, 0.1) is 6.92 Å². The maximum Gasteiger partial charge on any atom is 0.224 e. The summed E-state index contributed by atoms with van der Waals surface area (Å²) in [4.78, 5) is 19.0. The van der Waals surface area contributed by atoms with Crippen LogP contribution >= 0.6 is 24.8 Å². The molecule has 0 aliphatic heterocycles. The van der Waals surface area contributed by atoms with E-state index in [0.717, 1.165) is 44.3 Å². The van der Waals surface area contributed by atoms with Gasteiger partial charge in [0.05, 0.1) is 6.33 Å². The second-order valence-corrected chi connectivity index (χ2v) is 6.70. The highest BCUT2D eigenvalue weighted by atomic mass is 35.5. The lowest BCUT2D eigenvalue weighted by Crippen LogP contribution is -2.28. The topological polar surface area (TPSA) is 69.8 Å². The third-order valence-corrected chi connectivity index (χ3v) is 4.32. The van der Waals surface area contributed by atoms with Crippen molar-refractivity contribution in [2.45, 2.75) is 58.4 Å². The van der Waals surface area contributed by atoms with Gasteiger partial charge in [0.1, 0.15) is 0 Å². The van der Waals surface area contributed by atoms with Gasteiger partial charge in [0.25, 0.3) is 0 Å². The van der Waals surface area contributed by atoms with Crippen LogP contribution in [0.1, 0.15) is 50.3 Å². The Kier molecular flexibility index (Phi) is 13.7. The largest absolute Gasteiger partial charge is 0.348 e. The van der Waals surface area contributed by atoms with Crippen molar-refractivity contribution in [2.75, 3.05) is 11.9 Å². The molecule has 0 aliphatic rings. The summed E-state index contributed by atoms with van der Waals surface area (Å²) in [6.07, 6.45) is 9.48. The molecule has 1 unspecified atom stereocenters. The number of hydrogen-bond acceptors (Lipinski definition) is 3. The molecule has 3 N–H and O–H groups in total. The van der Waals surface area contributed by atoms with Crippen LogP contribution in [0.15, 0.2) is 36.8 Å². The molecule has 0 spiro atoms. The van der Waals surface area contributed by atoms with Gasteiger partial charge >= 0.3 is 0 Å². The van der Waals surface area contributed by atoms with E-state index in [0.29, 0.717) is 12.5 Å². The number of aromatic nitrogens is 2. The Bertz CT molecular complexity index is 617. The van der Waals surface area contributed by atoms with Crippen molar-refractivity contribution in [3.63, 3.8) is 0 Å². The number of carbonyl (C=O) groups is 1. The van der Waals surface area contributed by atoms with E-state index in [2.05, 4.69) is 27.5 Å². The van der Waals surface area contributed by atoms with E-state index in [1.165, 1.54) is 11.3 Å². The fourth-order valence-corrected chi connectivity index (χ4v) is 2.75. The summed E-state index contributed by atoms with van der Waals surface area (Å²) < 4.78 is 0. The maximum atomic E-state index is 11.9. The van der Waals surface area contributed by atoms with Gasteiger partial charge in [0, 0.05) is 43.0 Å². The zero-order valence-corrected chi connectivity index (χ0v) is 17.8. The highest BCUT2D eigenvalue weighted by Gasteiger charge is 2.04. The summed E-state index contributed by atoms with van der Waals surface area (Å²) in [5.74, 6) is 0.106. The molecule has 7 heteroatoms. The number of nitrogens with one attached hydrogen (secondary N) is 3. The minimum absolute atomic E-state index is 0. The number of unbranched alkanes of at least 4 members (excludes halogenated alkanes) is 2. The van der Waals surface area contributed by atoms with E-state index >= 15 is 0 Å². The van der Waals surface area contributed by atoms with Crippen molar-refractivity contribution in [3.05, 3.63) is 48.0 Å². The number of benzene rings is 1. The van der Waals surface area contributed by atoms with Crippen molar-refractivity contribution >= 4 is 36.4 Å². The minimum Gasteiger partial charge on any atom is -0.348 e. The van der Waals surface area contributed by atoms with Crippen LogP contribution in [0.4, 0.5) is 5.69 Å². The number of rotatable bonds is 11. The van der Waals surface area contributed by atoms with Gasteiger partial charge in [-0.2, -0.15) is 0 Å². The number of carbonyl (C=O) groups excluding carboxylic acids is 1. The summed E-state index contributed by atoms with van der Waals surface area (Å²) in [6, 6.07) is 8.42. The van der Waals surface area contributed by atoms with E-state index in [-0.39, 0.29) is 30.7 Å². The molecule has 2 rings (SSSR count). The smallest absolute Gasteiger partial charge is 0.224 e. The first-order valence-electron chi connectivity index (χ1n) is 9.20. The van der Waals surface area contributed by atoms with Crippen molar-refractivity contribution < 1.29 is 4.79 Å². The molecule has 0 bridgehead atoms. The quantitative estimate of drug-likeness (QED) is 0.467. The Hall–Kier alpha value is -1.56. The summed E-state index contributed by atoms with van der Waals surface area (Å²) >= 11 is 0. The molecule has 0 aliphatic carbocycles. The summed E-state index contributed by atoms with van der Waals surface area (Å²) in [5.41, 5.74) is 3.25. The number of halogens is 2. The van der Waals surface area contributed by atoms with Gasteiger partial charge in [0.15, 0.2) is 0 Å². The molecule has 1 amide bonds. The fourth-order valence-electron chi connectivity index (χ4n) is 2.75. The van der Waals surface area contributed by atoms with E-state index < -0.39 is 0 Å². The molecule has 0 radical (unpaired) electrons. The second kappa shape index (κ2) is 14.5.